The first-order chi connectivity index (χ1) is 7.88. The van der Waals surface area contributed by atoms with E-state index in [2.05, 4.69) is 11.3 Å². The van der Waals surface area contributed by atoms with E-state index < -0.39 is 15.9 Å². The number of aryl methyl sites for hydroxylation is 1. The fraction of sp³-hybridized carbons (Fsp3) is 0.182. The molecule has 17 heavy (non-hydrogen) atoms. The lowest BCUT2D eigenvalue weighted by atomic mass is 10.1. The first-order valence-corrected chi connectivity index (χ1v) is 6.38. The van der Waals surface area contributed by atoms with Crippen molar-refractivity contribution in [3.8, 4) is 0 Å². The van der Waals surface area contributed by atoms with E-state index >= 15 is 0 Å². The molecule has 0 spiro atoms. The Morgan fingerprint density at radius 2 is 2.18 bits per heavy atom. The molecule has 0 bridgehead atoms. The minimum absolute atomic E-state index is 0.0127. The fourth-order valence-corrected chi connectivity index (χ4v) is 2.31. The van der Waals surface area contributed by atoms with Crippen LogP contribution in [0.3, 0.4) is 0 Å². The van der Waals surface area contributed by atoms with Crippen molar-refractivity contribution in [3.63, 3.8) is 0 Å². The molecule has 1 aromatic rings. The average Bonchev–Trinajstić information content (AvgIpc) is 2.26. The van der Waals surface area contributed by atoms with Crippen LogP contribution < -0.4 is 10.5 Å². The summed E-state index contributed by atoms with van der Waals surface area (Å²) in [6, 6.07) is 4.23. The average molecular weight is 254 g/mol. The summed E-state index contributed by atoms with van der Waals surface area (Å²) < 4.78 is 25.8. The van der Waals surface area contributed by atoms with Crippen molar-refractivity contribution in [1.29, 1.82) is 0 Å². The lowest BCUT2D eigenvalue weighted by Crippen LogP contribution is -2.24. The molecule has 0 atom stereocenters. The van der Waals surface area contributed by atoms with Gasteiger partial charge in [-0.25, -0.2) is 13.1 Å². The summed E-state index contributed by atoms with van der Waals surface area (Å²) in [5.41, 5.74) is 6.00. The largest absolute Gasteiger partial charge is 0.366 e. The van der Waals surface area contributed by atoms with Crippen molar-refractivity contribution in [3.05, 3.63) is 42.0 Å². The number of rotatable bonds is 5. The maximum Gasteiger partial charge on any atom is 0.249 e. The van der Waals surface area contributed by atoms with E-state index in [-0.39, 0.29) is 17.0 Å². The van der Waals surface area contributed by atoms with Crippen LogP contribution >= 0.6 is 0 Å². The smallest absolute Gasteiger partial charge is 0.249 e. The Hall–Kier alpha value is -1.66. The van der Waals surface area contributed by atoms with Gasteiger partial charge in [0.15, 0.2) is 0 Å². The molecule has 0 aliphatic carbocycles. The van der Waals surface area contributed by atoms with E-state index in [1.165, 1.54) is 18.2 Å². The lowest BCUT2D eigenvalue weighted by Gasteiger charge is -2.07. The molecular formula is C11H14N2O3S. The van der Waals surface area contributed by atoms with Crippen molar-refractivity contribution in [1.82, 2.24) is 4.72 Å². The summed E-state index contributed by atoms with van der Waals surface area (Å²) in [5.74, 6) is -0.650. The number of primary amides is 1. The molecule has 5 nitrogen and oxygen atoms in total. The Bertz CT molecular complexity index is 550. The first kappa shape index (κ1) is 13.4. The Morgan fingerprint density at radius 1 is 1.53 bits per heavy atom. The van der Waals surface area contributed by atoms with Crippen molar-refractivity contribution >= 4 is 15.9 Å². The molecule has 0 radical (unpaired) electrons. The summed E-state index contributed by atoms with van der Waals surface area (Å²) in [4.78, 5) is 11.1. The number of sulfonamides is 1. The van der Waals surface area contributed by atoms with Gasteiger partial charge in [0.25, 0.3) is 0 Å². The van der Waals surface area contributed by atoms with Gasteiger partial charge in [0.2, 0.25) is 15.9 Å². The summed E-state index contributed by atoms with van der Waals surface area (Å²) in [6.45, 7) is 5.23. The number of hydrogen-bond acceptors (Lipinski definition) is 3. The second kappa shape index (κ2) is 5.11. The van der Waals surface area contributed by atoms with E-state index in [0.29, 0.717) is 5.56 Å². The molecule has 1 aromatic carbocycles. The molecule has 0 aliphatic heterocycles. The van der Waals surface area contributed by atoms with Crippen molar-refractivity contribution in [2.45, 2.75) is 11.8 Å². The fourth-order valence-electron chi connectivity index (χ4n) is 1.29. The zero-order valence-electron chi connectivity index (χ0n) is 9.43. The molecule has 0 saturated carbocycles. The van der Waals surface area contributed by atoms with Crippen LogP contribution in [0.1, 0.15) is 15.9 Å². The number of benzene rings is 1. The molecule has 0 aromatic heterocycles. The van der Waals surface area contributed by atoms with E-state index in [4.69, 9.17) is 5.73 Å². The third kappa shape index (κ3) is 3.15. The van der Waals surface area contributed by atoms with Gasteiger partial charge in [-0.15, -0.1) is 6.58 Å². The zero-order valence-corrected chi connectivity index (χ0v) is 10.3. The highest BCUT2D eigenvalue weighted by Crippen LogP contribution is 2.15. The Kier molecular flexibility index (Phi) is 4.03. The summed E-state index contributed by atoms with van der Waals surface area (Å²) in [6.07, 6.45) is 1.43. The topological polar surface area (TPSA) is 89.3 Å². The predicted octanol–water partition coefficient (Wildman–Crippen LogP) is 0.558. The van der Waals surface area contributed by atoms with Crippen LogP contribution in [-0.4, -0.2) is 20.9 Å². The number of carbonyl (C=O) groups excluding carboxylic acids is 1. The van der Waals surface area contributed by atoms with Crippen molar-refractivity contribution in [2.75, 3.05) is 6.54 Å². The number of amides is 1. The van der Waals surface area contributed by atoms with E-state index in [1.807, 2.05) is 0 Å². The van der Waals surface area contributed by atoms with Gasteiger partial charge in [0.05, 0.1) is 4.90 Å². The van der Waals surface area contributed by atoms with Crippen LogP contribution in [0.2, 0.25) is 0 Å². The Morgan fingerprint density at radius 3 is 2.71 bits per heavy atom. The predicted molar refractivity (Wildman–Crippen MR) is 65.1 cm³/mol. The molecule has 3 N–H and O–H groups in total. The highest BCUT2D eigenvalue weighted by Gasteiger charge is 2.15. The van der Waals surface area contributed by atoms with Crippen LogP contribution in [-0.2, 0) is 10.0 Å². The number of hydrogen-bond donors (Lipinski definition) is 2. The van der Waals surface area contributed by atoms with Gasteiger partial charge in [0.1, 0.15) is 0 Å². The third-order valence-electron chi connectivity index (χ3n) is 2.20. The van der Waals surface area contributed by atoms with Crippen molar-refractivity contribution < 1.29 is 13.2 Å². The van der Waals surface area contributed by atoms with Gasteiger partial charge in [-0.3, -0.25) is 4.79 Å². The number of carbonyl (C=O) groups is 1. The molecule has 1 rings (SSSR count). The molecule has 6 heteroatoms. The third-order valence-corrected chi connectivity index (χ3v) is 3.62. The SMILES string of the molecule is C=CCNS(=O)(=O)c1ccc(C)c(C(N)=O)c1. The molecule has 0 heterocycles. The highest BCUT2D eigenvalue weighted by atomic mass is 32.2. The Labute approximate surface area is 100 Å². The maximum absolute atomic E-state index is 11.8. The second-order valence-corrected chi connectivity index (χ2v) is 5.25. The zero-order chi connectivity index (χ0) is 13.1. The highest BCUT2D eigenvalue weighted by molar-refractivity contribution is 7.89. The minimum Gasteiger partial charge on any atom is -0.366 e. The van der Waals surface area contributed by atoms with Gasteiger partial charge in [-0.05, 0) is 24.6 Å². The number of nitrogens with one attached hydrogen (secondary N) is 1. The van der Waals surface area contributed by atoms with Crippen LogP contribution in [0.5, 0.6) is 0 Å². The molecule has 0 aliphatic rings. The second-order valence-electron chi connectivity index (χ2n) is 3.48. The summed E-state index contributed by atoms with van der Waals surface area (Å²) in [5, 5.41) is 0. The van der Waals surface area contributed by atoms with E-state index in [0.717, 1.165) is 0 Å². The Balaban J connectivity index is 3.20. The number of nitrogens with two attached hydrogens (primary N) is 1. The van der Waals surface area contributed by atoms with Gasteiger partial charge in [-0.2, -0.15) is 0 Å². The molecule has 0 saturated heterocycles. The monoisotopic (exact) mass is 254 g/mol. The molecule has 1 amide bonds. The molecule has 92 valence electrons. The molecule has 0 fully saturated rings. The first-order valence-electron chi connectivity index (χ1n) is 4.89. The molecular weight excluding hydrogens is 240 g/mol. The normalized spacial score (nSPS) is 11.1. The summed E-state index contributed by atoms with van der Waals surface area (Å²) >= 11 is 0. The van der Waals surface area contributed by atoms with E-state index in [9.17, 15) is 13.2 Å². The quantitative estimate of drug-likeness (QED) is 0.752. The van der Waals surface area contributed by atoms with Crippen LogP contribution in [0.25, 0.3) is 0 Å². The standard InChI is InChI=1S/C11H14N2O3S/c1-3-6-13-17(15,16)9-5-4-8(2)10(7-9)11(12)14/h3-5,7,13H,1,6H2,2H3,(H2,12,14). The van der Waals surface area contributed by atoms with Crippen molar-refractivity contribution in [2.24, 2.45) is 5.73 Å². The summed E-state index contributed by atoms with van der Waals surface area (Å²) in [7, 11) is -3.62. The maximum atomic E-state index is 11.8. The molecule has 0 unspecified atom stereocenters. The van der Waals surface area contributed by atoms with Gasteiger partial charge < -0.3 is 5.73 Å². The van der Waals surface area contributed by atoms with Crippen LogP contribution in [0.4, 0.5) is 0 Å². The van der Waals surface area contributed by atoms with Gasteiger partial charge in [0, 0.05) is 12.1 Å². The van der Waals surface area contributed by atoms with Crippen LogP contribution in [0, 0.1) is 6.92 Å². The van der Waals surface area contributed by atoms with Gasteiger partial charge in [-0.1, -0.05) is 12.1 Å². The van der Waals surface area contributed by atoms with E-state index in [1.54, 1.807) is 13.0 Å². The van der Waals surface area contributed by atoms with Gasteiger partial charge >= 0.3 is 0 Å². The van der Waals surface area contributed by atoms with Crippen LogP contribution in [0.15, 0.2) is 35.7 Å². The lowest BCUT2D eigenvalue weighted by molar-refractivity contribution is 0.0999. The minimum atomic E-state index is -3.62.